The number of hydrogen-bond acceptors (Lipinski definition) is 3. The van der Waals surface area contributed by atoms with Crippen LogP contribution < -0.4 is 0 Å². The zero-order chi connectivity index (χ0) is 14.8. The second kappa shape index (κ2) is 6.00. The molecule has 1 aromatic heterocycles. The lowest BCUT2D eigenvalue weighted by molar-refractivity contribution is -0.0381. The molecule has 2 heterocycles. The van der Waals surface area contributed by atoms with E-state index in [1.165, 1.54) is 0 Å². The molecule has 0 unspecified atom stereocenters. The minimum atomic E-state index is -0.109. The lowest BCUT2D eigenvalue weighted by Crippen LogP contribution is -2.49. The van der Waals surface area contributed by atoms with Crippen LogP contribution in [0.3, 0.4) is 0 Å². The van der Waals surface area contributed by atoms with Gasteiger partial charge in [-0.05, 0) is 19.4 Å². The van der Waals surface area contributed by atoms with Crippen LogP contribution in [0.4, 0.5) is 0 Å². The van der Waals surface area contributed by atoms with Crippen LogP contribution in [0.1, 0.15) is 30.6 Å². The number of Topliss-reactive ketones (excluding diaryl/α,β-unsaturated/α-hetero) is 1. The maximum Gasteiger partial charge on any atom is 0.181 e. The Labute approximate surface area is 125 Å². The van der Waals surface area contributed by atoms with Crippen LogP contribution in [0, 0.1) is 0 Å². The predicted molar refractivity (Wildman–Crippen MR) is 83.7 cm³/mol. The summed E-state index contributed by atoms with van der Waals surface area (Å²) < 4.78 is 5.69. The van der Waals surface area contributed by atoms with Crippen LogP contribution in [-0.2, 0) is 4.74 Å². The predicted octanol–water partition coefficient (Wildman–Crippen LogP) is 2.85. The van der Waals surface area contributed by atoms with Gasteiger partial charge in [0.15, 0.2) is 5.78 Å². The van der Waals surface area contributed by atoms with Crippen molar-refractivity contribution in [2.75, 3.05) is 19.7 Å². The van der Waals surface area contributed by atoms with Crippen molar-refractivity contribution in [2.24, 2.45) is 0 Å². The number of nitrogens with zero attached hydrogens (tertiary/aromatic N) is 1. The molecule has 3 rings (SSSR count). The van der Waals surface area contributed by atoms with E-state index in [4.69, 9.17) is 4.74 Å². The standard InChI is InChI=1S/C17H22N2O2/c1-3-13-11-19(8-9-21-13)12(2)17(20)15-10-18-16-7-5-4-6-14(15)16/h4-7,10,12-13,18H,3,8-9,11H2,1-2H3/t12-,13-/m0/s1. The number of morpholine rings is 1. The number of carbonyl (C=O) groups excluding carboxylic acids is 1. The summed E-state index contributed by atoms with van der Waals surface area (Å²) in [5.41, 5.74) is 1.80. The molecule has 1 fully saturated rings. The van der Waals surface area contributed by atoms with E-state index in [1.54, 1.807) is 0 Å². The minimum Gasteiger partial charge on any atom is -0.376 e. The van der Waals surface area contributed by atoms with Crippen LogP contribution in [0.15, 0.2) is 30.5 Å². The number of nitrogens with one attached hydrogen (secondary N) is 1. The smallest absolute Gasteiger partial charge is 0.181 e. The molecule has 0 aliphatic carbocycles. The Hall–Kier alpha value is -1.65. The van der Waals surface area contributed by atoms with Crippen LogP contribution in [-0.4, -0.2) is 47.5 Å². The van der Waals surface area contributed by atoms with E-state index in [2.05, 4.69) is 16.8 Å². The van der Waals surface area contributed by atoms with E-state index in [1.807, 2.05) is 37.4 Å². The molecule has 0 radical (unpaired) electrons. The third-order valence-corrected chi connectivity index (χ3v) is 4.41. The van der Waals surface area contributed by atoms with Gasteiger partial charge in [0.25, 0.3) is 0 Å². The first-order valence-corrected chi connectivity index (χ1v) is 7.66. The van der Waals surface area contributed by atoms with Crippen LogP contribution >= 0.6 is 0 Å². The quantitative estimate of drug-likeness (QED) is 0.879. The first-order chi connectivity index (χ1) is 10.2. The first kappa shape index (κ1) is 14.3. The van der Waals surface area contributed by atoms with Crippen LogP contribution in [0.2, 0.25) is 0 Å². The van der Waals surface area contributed by atoms with E-state index in [-0.39, 0.29) is 17.9 Å². The molecule has 2 aromatic rings. The highest BCUT2D eigenvalue weighted by molar-refractivity contribution is 6.10. The highest BCUT2D eigenvalue weighted by Gasteiger charge is 2.28. The lowest BCUT2D eigenvalue weighted by atomic mass is 10.0. The van der Waals surface area contributed by atoms with Crippen molar-refractivity contribution >= 4 is 16.7 Å². The second-order valence-electron chi connectivity index (χ2n) is 5.68. The van der Waals surface area contributed by atoms with Gasteiger partial charge in [0, 0.05) is 35.8 Å². The Bertz CT molecular complexity index is 635. The van der Waals surface area contributed by atoms with Gasteiger partial charge in [-0.25, -0.2) is 0 Å². The molecule has 0 bridgehead atoms. The Balaban J connectivity index is 1.81. The average molecular weight is 286 g/mol. The Morgan fingerprint density at radius 3 is 3.10 bits per heavy atom. The van der Waals surface area contributed by atoms with E-state index in [9.17, 15) is 4.79 Å². The molecule has 0 saturated carbocycles. The zero-order valence-corrected chi connectivity index (χ0v) is 12.6. The number of benzene rings is 1. The van der Waals surface area contributed by atoms with E-state index in [0.29, 0.717) is 6.61 Å². The number of hydrogen-bond donors (Lipinski definition) is 1. The first-order valence-electron chi connectivity index (χ1n) is 7.66. The SMILES string of the molecule is CC[C@H]1CN([C@@H](C)C(=O)c2c[nH]c3ccccc23)CCO1. The van der Waals surface area contributed by atoms with Gasteiger partial charge in [0.2, 0.25) is 0 Å². The van der Waals surface area contributed by atoms with Crippen molar-refractivity contribution in [2.45, 2.75) is 32.4 Å². The van der Waals surface area contributed by atoms with Crippen molar-refractivity contribution < 1.29 is 9.53 Å². The van der Waals surface area contributed by atoms with E-state index < -0.39 is 0 Å². The maximum atomic E-state index is 12.8. The van der Waals surface area contributed by atoms with Gasteiger partial charge in [-0.1, -0.05) is 25.1 Å². The summed E-state index contributed by atoms with van der Waals surface area (Å²) in [6, 6.07) is 7.84. The van der Waals surface area contributed by atoms with Gasteiger partial charge in [-0.15, -0.1) is 0 Å². The maximum absolute atomic E-state index is 12.8. The molecular weight excluding hydrogens is 264 g/mol. The summed E-state index contributed by atoms with van der Waals surface area (Å²) in [5.74, 6) is 0.184. The number of ketones is 1. The molecule has 21 heavy (non-hydrogen) atoms. The number of fused-ring (bicyclic) bond motifs is 1. The molecule has 4 nitrogen and oxygen atoms in total. The molecule has 1 N–H and O–H groups in total. The molecule has 1 aliphatic heterocycles. The number of carbonyl (C=O) groups is 1. The normalized spacial score (nSPS) is 21.5. The molecule has 2 atom stereocenters. The third-order valence-electron chi connectivity index (χ3n) is 4.41. The fourth-order valence-corrected chi connectivity index (χ4v) is 3.01. The van der Waals surface area contributed by atoms with E-state index >= 15 is 0 Å². The summed E-state index contributed by atoms with van der Waals surface area (Å²) in [4.78, 5) is 18.2. The van der Waals surface area contributed by atoms with Crippen LogP contribution in [0.5, 0.6) is 0 Å². The molecule has 1 aromatic carbocycles. The highest BCUT2D eigenvalue weighted by atomic mass is 16.5. The molecular formula is C17H22N2O2. The van der Waals surface area contributed by atoms with Crippen molar-refractivity contribution in [1.29, 1.82) is 0 Å². The second-order valence-corrected chi connectivity index (χ2v) is 5.68. The molecule has 0 spiro atoms. The number of aromatic amines is 1. The van der Waals surface area contributed by atoms with Crippen molar-refractivity contribution in [1.82, 2.24) is 9.88 Å². The van der Waals surface area contributed by atoms with Crippen molar-refractivity contribution in [3.8, 4) is 0 Å². The summed E-state index contributed by atoms with van der Waals surface area (Å²) >= 11 is 0. The summed E-state index contributed by atoms with van der Waals surface area (Å²) in [5, 5.41) is 1.01. The number of rotatable bonds is 4. The van der Waals surface area contributed by atoms with Gasteiger partial charge in [0.1, 0.15) is 0 Å². The highest BCUT2D eigenvalue weighted by Crippen LogP contribution is 2.21. The molecule has 112 valence electrons. The molecule has 1 aliphatic rings. The lowest BCUT2D eigenvalue weighted by Gasteiger charge is -2.35. The van der Waals surface area contributed by atoms with E-state index in [0.717, 1.165) is 36.0 Å². The Kier molecular flexibility index (Phi) is 4.08. The van der Waals surface area contributed by atoms with Gasteiger partial charge in [0.05, 0.1) is 18.8 Å². The summed E-state index contributed by atoms with van der Waals surface area (Å²) in [6.45, 7) is 6.50. The Morgan fingerprint density at radius 1 is 1.48 bits per heavy atom. The van der Waals surface area contributed by atoms with Gasteiger partial charge < -0.3 is 9.72 Å². The topological polar surface area (TPSA) is 45.3 Å². The molecule has 0 amide bonds. The largest absolute Gasteiger partial charge is 0.376 e. The monoisotopic (exact) mass is 286 g/mol. The van der Waals surface area contributed by atoms with Gasteiger partial charge >= 0.3 is 0 Å². The number of ether oxygens (including phenoxy) is 1. The van der Waals surface area contributed by atoms with Gasteiger partial charge in [-0.2, -0.15) is 0 Å². The van der Waals surface area contributed by atoms with Crippen molar-refractivity contribution in [3.05, 3.63) is 36.0 Å². The fraction of sp³-hybridized carbons (Fsp3) is 0.471. The summed E-state index contributed by atoms with van der Waals surface area (Å²) in [7, 11) is 0. The number of para-hydroxylation sites is 1. The average Bonchev–Trinajstić information content (AvgIpc) is 2.97. The van der Waals surface area contributed by atoms with Gasteiger partial charge in [-0.3, -0.25) is 9.69 Å². The zero-order valence-electron chi connectivity index (χ0n) is 12.6. The fourth-order valence-electron chi connectivity index (χ4n) is 3.01. The number of aromatic nitrogens is 1. The Morgan fingerprint density at radius 2 is 2.29 bits per heavy atom. The third kappa shape index (κ3) is 2.74. The molecule has 1 saturated heterocycles. The minimum absolute atomic E-state index is 0.109. The number of H-pyrrole nitrogens is 1. The van der Waals surface area contributed by atoms with Crippen molar-refractivity contribution in [3.63, 3.8) is 0 Å². The summed E-state index contributed by atoms with van der Waals surface area (Å²) in [6.07, 6.45) is 3.07. The van der Waals surface area contributed by atoms with Crippen LogP contribution in [0.25, 0.3) is 10.9 Å². The molecule has 4 heteroatoms.